The van der Waals surface area contributed by atoms with Crippen LogP contribution in [0.2, 0.25) is 0 Å². The van der Waals surface area contributed by atoms with Gasteiger partial charge in [-0.15, -0.1) is 0 Å². The van der Waals surface area contributed by atoms with Crippen LogP contribution < -0.4 is 10.5 Å². The van der Waals surface area contributed by atoms with E-state index in [1.807, 2.05) is 6.07 Å². The highest BCUT2D eigenvalue weighted by Gasteiger charge is 2.14. The molecule has 116 valence electrons. The molecule has 0 saturated carbocycles. The molecule has 7 heteroatoms. The number of benzene rings is 1. The van der Waals surface area contributed by atoms with Gasteiger partial charge in [-0.05, 0) is 43.1 Å². The van der Waals surface area contributed by atoms with Crippen molar-refractivity contribution < 1.29 is 13.2 Å². The molecule has 0 spiro atoms. The highest BCUT2D eigenvalue weighted by Crippen LogP contribution is 2.22. The molecule has 3 N–H and O–H groups in total. The zero-order valence-electron chi connectivity index (χ0n) is 12.1. The van der Waals surface area contributed by atoms with Gasteiger partial charge in [0.25, 0.3) is 0 Å². The van der Waals surface area contributed by atoms with Crippen LogP contribution >= 0.6 is 0 Å². The van der Waals surface area contributed by atoms with Crippen molar-refractivity contribution in [1.82, 2.24) is 4.90 Å². The molecule has 1 aliphatic heterocycles. The lowest BCUT2D eigenvalue weighted by Gasteiger charge is -2.17. The van der Waals surface area contributed by atoms with Gasteiger partial charge >= 0.3 is 0 Å². The molecule has 6 nitrogen and oxygen atoms in total. The van der Waals surface area contributed by atoms with E-state index >= 15 is 0 Å². The molecule has 21 heavy (non-hydrogen) atoms. The topological polar surface area (TPSA) is 92.5 Å². The first-order valence-corrected chi connectivity index (χ1v) is 8.83. The van der Waals surface area contributed by atoms with Gasteiger partial charge in [-0.3, -0.25) is 14.4 Å². The first-order valence-electron chi connectivity index (χ1n) is 6.94. The van der Waals surface area contributed by atoms with Crippen LogP contribution in [0.4, 0.5) is 5.69 Å². The Labute approximate surface area is 125 Å². The first-order chi connectivity index (χ1) is 9.83. The third kappa shape index (κ3) is 5.02. The Morgan fingerprint density at radius 3 is 2.57 bits per heavy atom. The highest BCUT2D eigenvalue weighted by molar-refractivity contribution is 7.92. The second-order valence-corrected chi connectivity index (χ2v) is 7.24. The quantitative estimate of drug-likeness (QED) is 0.808. The Bertz CT molecular complexity index is 622. The maximum absolute atomic E-state index is 11.5. The van der Waals surface area contributed by atoms with Crippen molar-refractivity contribution >= 4 is 21.6 Å². The number of primary amides is 1. The van der Waals surface area contributed by atoms with Crippen LogP contribution in [0.15, 0.2) is 18.2 Å². The third-order valence-corrected chi connectivity index (χ3v) is 4.03. The number of amides is 1. The molecule has 2 rings (SSSR count). The molecule has 0 bridgehead atoms. The summed E-state index contributed by atoms with van der Waals surface area (Å²) in [5.41, 5.74) is 7.26. The second-order valence-electron chi connectivity index (χ2n) is 5.49. The van der Waals surface area contributed by atoms with Crippen LogP contribution in [-0.2, 0) is 27.8 Å². The van der Waals surface area contributed by atoms with E-state index < -0.39 is 15.9 Å². The zero-order chi connectivity index (χ0) is 15.5. The van der Waals surface area contributed by atoms with Gasteiger partial charge in [0.1, 0.15) is 0 Å². The monoisotopic (exact) mass is 311 g/mol. The van der Waals surface area contributed by atoms with E-state index in [9.17, 15) is 13.2 Å². The van der Waals surface area contributed by atoms with Crippen LogP contribution in [0.1, 0.15) is 24.0 Å². The average molecular weight is 311 g/mol. The predicted octanol–water partition coefficient (Wildman–Crippen LogP) is 0.682. The molecule has 1 aromatic carbocycles. The summed E-state index contributed by atoms with van der Waals surface area (Å²) in [5, 5.41) is 0. The van der Waals surface area contributed by atoms with Crippen LogP contribution in [0.3, 0.4) is 0 Å². The van der Waals surface area contributed by atoms with Gasteiger partial charge < -0.3 is 5.73 Å². The minimum atomic E-state index is -3.40. The standard InChI is InChI=1S/C14H21N3O3S/c1-21(19,20)16-13-8-11(10-17-6-2-3-7-17)4-5-12(13)9-14(15)18/h4-5,8,16H,2-3,6-7,9-10H2,1H3,(H2,15,18). The maximum atomic E-state index is 11.5. The van der Waals surface area contributed by atoms with Crippen molar-refractivity contribution in [2.24, 2.45) is 5.73 Å². The summed E-state index contributed by atoms with van der Waals surface area (Å²) < 4.78 is 25.4. The van der Waals surface area contributed by atoms with Crippen molar-refractivity contribution in [3.8, 4) is 0 Å². The molecule has 1 aliphatic rings. The summed E-state index contributed by atoms with van der Waals surface area (Å²) in [7, 11) is -3.40. The third-order valence-electron chi connectivity index (χ3n) is 3.44. The van der Waals surface area contributed by atoms with Crippen molar-refractivity contribution in [2.75, 3.05) is 24.1 Å². The number of likely N-dealkylation sites (tertiary alicyclic amines) is 1. The molecular weight excluding hydrogens is 290 g/mol. The largest absolute Gasteiger partial charge is 0.369 e. The average Bonchev–Trinajstić information content (AvgIpc) is 2.83. The Kier molecular flexibility index (Phi) is 4.84. The molecule has 0 unspecified atom stereocenters. The van der Waals surface area contributed by atoms with Gasteiger partial charge in [0.05, 0.1) is 18.4 Å². The fourth-order valence-corrected chi connectivity index (χ4v) is 3.15. The van der Waals surface area contributed by atoms with Gasteiger partial charge in [-0.1, -0.05) is 12.1 Å². The van der Waals surface area contributed by atoms with E-state index in [0.29, 0.717) is 11.3 Å². The first kappa shape index (κ1) is 15.8. The molecule has 1 saturated heterocycles. The highest BCUT2D eigenvalue weighted by atomic mass is 32.2. The lowest BCUT2D eigenvalue weighted by Crippen LogP contribution is -2.20. The number of carbonyl (C=O) groups is 1. The zero-order valence-corrected chi connectivity index (χ0v) is 12.9. The van der Waals surface area contributed by atoms with E-state index in [1.54, 1.807) is 12.1 Å². The Hall–Kier alpha value is -1.60. The van der Waals surface area contributed by atoms with Gasteiger partial charge in [0.2, 0.25) is 15.9 Å². The van der Waals surface area contributed by atoms with Gasteiger partial charge in [-0.2, -0.15) is 0 Å². The number of nitrogens with one attached hydrogen (secondary N) is 1. The molecule has 0 aliphatic carbocycles. The summed E-state index contributed by atoms with van der Waals surface area (Å²) in [6.07, 6.45) is 3.51. The molecule has 0 aromatic heterocycles. The van der Waals surface area contributed by atoms with E-state index in [1.165, 1.54) is 12.8 Å². The minimum absolute atomic E-state index is 0.0157. The number of hydrogen-bond donors (Lipinski definition) is 2. The summed E-state index contributed by atoms with van der Waals surface area (Å²) in [5.74, 6) is -0.487. The fraction of sp³-hybridized carbons (Fsp3) is 0.500. The van der Waals surface area contributed by atoms with Gasteiger partial charge in [-0.25, -0.2) is 8.42 Å². The fourth-order valence-electron chi connectivity index (χ4n) is 2.56. The number of hydrogen-bond acceptors (Lipinski definition) is 4. The number of nitrogens with two attached hydrogens (primary N) is 1. The van der Waals surface area contributed by atoms with E-state index in [2.05, 4.69) is 9.62 Å². The van der Waals surface area contributed by atoms with Crippen LogP contribution in [0.25, 0.3) is 0 Å². The van der Waals surface area contributed by atoms with E-state index in [0.717, 1.165) is 31.5 Å². The van der Waals surface area contributed by atoms with Gasteiger partial charge in [0, 0.05) is 6.54 Å². The smallest absolute Gasteiger partial charge is 0.229 e. The Morgan fingerprint density at radius 1 is 1.33 bits per heavy atom. The number of nitrogens with zero attached hydrogens (tertiary/aromatic N) is 1. The molecule has 1 fully saturated rings. The summed E-state index contributed by atoms with van der Waals surface area (Å²) in [6.45, 7) is 2.92. The number of rotatable bonds is 6. The molecular formula is C14H21N3O3S. The molecule has 1 aromatic rings. The summed E-state index contributed by atoms with van der Waals surface area (Å²) in [6, 6.07) is 5.48. The normalized spacial score (nSPS) is 16.0. The molecule has 1 heterocycles. The SMILES string of the molecule is CS(=O)(=O)Nc1cc(CN2CCCC2)ccc1CC(N)=O. The summed E-state index contributed by atoms with van der Waals surface area (Å²) in [4.78, 5) is 13.4. The minimum Gasteiger partial charge on any atom is -0.369 e. The van der Waals surface area contributed by atoms with E-state index in [-0.39, 0.29) is 6.42 Å². The molecule has 0 atom stereocenters. The van der Waals surface area contributed by atoms with Crippen LogP contribution in [-0.4, -0.2) is 38.6 Å². The van der Waals surface area contributed by atoms with E-state index in [4.69, 9.17) is 5.73 Å². The lowest BCUT2D eigenvalue weighted by atomic mass is 10.1. The van der Waals surface area contributed by atoms with Crippen molar-refractivity contribution in [3.63, 3.8) is 0 Å². The van der Waals surface area contributed by atoms with Crippen molar-refractivity contribution in [1.29, 1.82) is 0 Å². The molecule has 0 radical (unpaired) electrons. The summed E-state index contributed by atoms with van der Waals surface area (Å²) >= 11 is 0. The van der Waals surface area contributed by atoms with Crippen molar-refractivity contribution in [3.05, 3.63) is 29.3 Å². The Morgan fingerprint density at radius 2 is 2.00 bits per heavy atom. The van der Waals surface area contributed by atoms with Crippen LogP contribution in [0, 0.1) is 0 Å². The second kappa shape index (κ2) is 6.44. The number of sulfonamides is 1. The predicted molar refractivity (Wildman–Crippen MR) is 82.3 cm³/mol. The maximum Gasteiger partial charge on any atom is 0.229 e. The lowest BCUT2D eigenvalue weighted by molar-refractivity contribution is -0.117. The number of carbonyl (C=O) groups excluding carboxylic acids is 1. The Balaban J connectivity index is 2.24. The molecule has 1 amide bonds. The van der Waals surface area contributed by atoms with Gasteiger partial charge in [0.15, 0.2) is 0 Å². The number of anilines is 1. The van der Waals surface area contributed by atoms with Crippen molar-refractivity contribution in [2.45, 2.75) is 25.8 Å². The van der Waals surface area contributed by atoms with Crippen LogP contribution in [0.5, 0.6) is 0 Å².